The number of benzene rings is 1. The van der Waals surface area contributed by atoms with Gasteiger partial charge < -0.3 is 9.64 Å². The lowest BCUT2D eigenvalue weighted by molar-refractivity contribution is -0.136. The number of aryl methyl sites for hydroxylation is 1. The van der Waals surface area contributed by atoms with Crippen LogP contribution in [0.15, 0.2) is 29.2 Å². The monoisotopic (exact) mass is 463 g/mol. The summed E-state index contributed by atoms with van der Waals surface area (Å²) in [6.45, 7) is 11.0. The molecule has 3 saturated heterocycles. The fourth-order valence-corrected chi connectivity index (χ4v) is 7.12. The molecule has 1 aromatic rings. The summed E-state index contributed by atoms with van der Waals surface area (Å²) in [4.78, 5) is 18.0. The number of sulfonamides is 1. The summed E-state index contributed by atoms with van der Waals surface area (Å²) in [5.74, 6) is 0.553. The average Bonchev–Trinajstić information content (AvgIpc) is 3.24. The molecule has 0 N–H and O–H groups in total. The smallest absolute Gasteiger partial charge is 0.243 e. The second-order valence-electron chi connectivity index (χ2n) is 9.83. The summed E-state index contributed by atoms with van der Waals surface area (Å²) in [5, 5.41) is 0. The molecule has 3 heterocycles. The second kappa shape index (κ2) is 9.79. The highest BCUT2D eigenvalue weighted by Crippen LogP contribution is 2.29. The molecule has 2 unspecified atom stereocenters. The van der Waals surface area contributed by atoms with Crippen molar-refractivity contribution in [2.75, 3.05) is 39.3 Å². The molecule has 3 fully saturated rings. The Balaban J connectivity index is 1.35. The van der Waals surface area contributed by atoms with Crippen LogP contribution in [0.5, 0.6) is 0 Å². The van der Waals surface area contributed by atoms with Gasteiger partial charge in [-0.15, -0.1) is 0 Å². The van der Waals surface area contributed by atoms with Crippen LogP contribution in [0, 0.1) is 12.8 Å². The summed E-state index contributed by atoms with van der Waals surface area (Å²) >= 11 is 0. The molecule has 4 rings (SSSR count). The Kier molecular flexibility index (Phi) is 7.24. The second-order valence-corrected chi connectivity index (χ2v) is 11.7. The Morgan fingerprint density at radius 3 is 2.25 bits per heavy atom. The van der Waals surface area contributed by atoms with E-state index in [2.05, 4.69) is 18.7 Å². The van der Waals surface area contributed by atoms with Gasteiger partial charge in [0, 0.05) is 39.3 Å². The minimum Gasteiger partial charge on any atom is -0.373 e. The number of carbonyl (C=O) groups is 1. The molecule has 178 valence electrons. The van der Waals surface area contributed by atoms with Crippen LogP contribution in [0.25, 0.3) is 0 Å². The molecule has 1 amide bonds. The number of carbonyl (C=O) groups excluding carboxylic acids is 1. The van der Waals surface area contributed by atoms with Gasteiger partial charge in [0.25, 0.3) is 0 Å². The first-order chi connectivity index (χ1) is 15.2. The van der Waals surface area contributed by atoms with E-state index >= 15 is 0 Å². The Morgan fingerprint density at radius 1 is 1.00 bits per heavy atom. The molecule has 7 nitrogen and oxygen atoms in total. The standard InChI is InChI=1S/C24H37N3O4S/c1-18-6-8-22(9-7-18)32(29,30)27-12-4-5-23(27)24(28)26-13-10-21(11-14-26)17-25-15-19(2)31-20(3)16-25/h6-9,19-21,23H,4-5,10-17H2,1-3H3/t19?,20?,23-/m0/s1. The van der Waals surface area contributed by atoms with Crippen LogP contribution in [0.4, 0.5) is 0 Å². The maximum Gasteiger partial charge on any atom is 0.243 e. The maximum atomic E-state index is 13.3. The molecular weight excluding hydrogens is 426 g/mol. The molecule has 3 atom stereocenters. The SMILES string of the molecule is Cc1ccc(S(=O)(=O)N2CCC[C@H]2C(=O)N2CCC(CN3CC(C)OC(C)C3)CC2)cc1. The lowest BCUT2D eigenvalue weighted by atomic mass is 9.95. The topological polar surface area (TPSA) is 70.2 Å². The number of piperidine rings is 1. The van der Waals surface area contributed by atoms with Gasteiger partial charge >= 0.3 is 0 Å². The van der Waals surface area contributed by atoms with Crippen molar-refractivity contribution >= 4 is 15.9 Å². The lowest BCUT2D eigenvalue weighted by Crippen LogP contribution is -2.51. The quantitative estimate of drug-likeness (QED) is 0.671. The molecule has 1 aromatic carbocycles. The zero-order valence-corrected chi connectivity index (χ0v) is 20.4. The molecule has 0 saturated carbocycles. The Labute approximate surface area is 192 Å². The van der Waals surface area contributed by atoms with Gasteiger partial charge in [0.15, 0.2) is 0 Å². The largest absolute Gasteiger partial charge is 0.373 e. The molecule has 0 spiro atoms. The lowest BCUT2D eigenvalue weighted by Gasteiger charge is -2.40. The summed E-state index contributed by atoms with van der Waals surface area (Å²) in [6, 6.07) is 6.33. The summed E-state index contributed by atoms with van der Waals surface area (Å²) < 4.78 is 33.7. The van der Waals surface area contributed by atoms with E-state index in [0.29, 0.717) is 32.0 Å². The summed E-state index contributed by atoms with van der Waals surface area (Å²) in [5.41, 5.74) is 1.02. The Morgan fingerprint density at radius 2 is 1.62 bits per heavy atom. The molecule has 3 aliphatic rings. The molecular formula is C24H37N3O4S. The van der Waals surface area contributed by atoms with E-state index < -0.39 is 16.1 Å². The highest BCUT2D eigenvalue weighted by Gasteiger charge is 2.41. The van der Waals surface area contributed by atoms with Gasteiger partial charge in [-0.1, -0.05) is 17.7 Å². The van der Waals surface area contributed by atoms with Crippen LogP contribution in [-0.4, -0.2) is 85.9 Å². The number of hydrogen-bond acceptors (Lipinski definition) is 5. The van der Waals surface area contributed by atoms with Crippen LogP contribution in [0.1, 0.15) is 45.1 Å². The van der Waals surface area contributed by atoms with Gasteiger partial charge in [-0.2, -0.15) is 4.31 Å². The van der Waals surface area contributed by atoms with Crippen molar-refractivity contribution < 1.29 is 17.9 Å². The van der Waals surface area contributed by atoms with Crippen molar-refractivity contribution in [2.45, 2.75) is 69.6 Å². The number of hydrogen-bond donors (Lipinski definition) is 0. The van der Waals surface area contributed by atoms with Gasteiger partial charge in [0.05, 0.1) is 17.1 Å². The number of morpholine rings is 1. The predicted molar refractivity (Wildman–Crippen MR) is 124 cm³/mol. The predicted octanol–water partition coefficient (Wildman–Crippen LogP) is 2.50. The van der Waals surface area contributed by atoms with Crippen molar-refractivity contribution in [1.29, 1.82) is 0 Å². The van der Waals surface area contributed by atoms with Crippen molar-refractivity contribution in [2.24, 2.45) is 5.92 Å². The molecule has 8 heteroatoms. The third-order valence-corrected chi connectivity index (χ3v) is 8.98. The molecule has 3 aliphatic heterocycles. The first-order valence-corrected chi connectivity index (χ1v) is 13.4. The van der Waals surface area contributed by atoms with E-state index in [1.165, 1.54) is 4.31 Å². The minimum absolute atomic E-state index is 0.0229. The van der Waals surface area contributed by atoms with Gasteiger partial charge in [-0.05, 0) is 64.5 Å². The van der Waals surface area contributed by atoms with E-state index in [9.17, 15) is 13.2 Å². The van der Waals surface area contributed by atoms with Crippen LogP contribution in [0.2, 0.25) is 0 Å². The van der Waals surface area contributed by atoms with E-state index in [0.717, 1.165) is 44.5 Å². The minimum atomic E-state index is -3.66. The van der Waals surface area contributed by atoms with Gasteiger partial charge in [-0.25, -0.2) is 8.42 Å². The molecule has 32 heavy (non-hydrogen) atoms. The number of nitrogens with zero attached hydrogens (tertiary/aromatic N) is 3. The summed E-state index contributed by atoms with van der Waals surface area (Å²) in [7, 11) is -3.66. The average molecular weight is 464 g/mol. The molecule has 0 aromatic heterocycles. The first-order valence-electron chi connectivity index (χ1n) is 12.0. The number of ether oxygens (including phenoxy) is 1. The normalized spacial score (nSPS) is 28.8. The van der Waals surface area contributed by atoms with E-state index in [-0.39, 0.29) is 23.0 Å². The third kappa shape index (κ3) is 5.19. The number of rotatable bonds is 5. The summed E-state index contributed by atoms with van der Waals surface area (Å²) in [6.07, 6.45) is 3.82. The van der Waals surface area contributed by atoms with E-state index in [1.54, 1.807) is 24.3 Å². The van der Waals surface area contributed by atoms with Crippen molar-refractivity contribution in [3.8, 4) is 0 Å². The first kappa shape index (κ1) is 23.7. The van der Waals surface area contributed by atoms with Crippen molar-refractivity contribution in [3.63, 3.8) is 0 Å². The van der Waals surface area contributed by atoms with Crippen LogP contribution >= 0.6 is 0 Å². The number of amides is 1. The van der Waals surface area contributed by atoms with Crippen LogP contribution in [0.3, 0.4) is 0 Å². The molecule has 0 bridgehead atoms. The van der Waals surface area contributed by atoms with E-state index in [4.69, 9.17) is 4.74 Å². The maximum absolute atomic E-state index is 13.3. The van der Waals surface area contributed by atoms with Crippen LogP contribution < -0.4 is 0 Å². The molecule has 0 radical (unpaired) electrons. The Bertz CT molecular complexity index is 886. The number of likely N-dealkylation sites (tertiary alicyclic amines) is 1. The van der Waals surface area contributed by atoms with Gasteiger partial charge in [0.1, 0.15) is 6.04 Å². The van der Waals surface area contributed by atoms with Gasteiger partial charge in [0.2, 0.25) is 15.9 Å². The fourth-order valence-electron chi connectivity index (χ4n) is 5.47. The van der Waals surface area contributed by atoms with Crippen molar-refractivity contribution in [1.82, 2.24) is 14.1 Å². The molecule has 0 aliphatic carbocycles. The fraction of sp³-hybridized carbons (Fsp3) is 0.708. The third-order valence-electron chi connectivity index (χ3n) is 7.05. The highest BCUT2D eigenvalue weighted by atomic mass is 32.2. The Hall–Kier alpha value is -1.48. The van der Waals surface area contributed by atoms with Crippen molar-refractivity contribution in [3.05, 3.63) is 29.8 Å². The zero-order valence-electron chi connectivity index (χ0n) is 19.6. The van der Waals surface area contributed by atoms with Crippen LogP contribution in [-0.2, 0) is 19.6 Å². The van der Waals surface area contributed by atoms with Gasteiger partial charge in [-0.3, -0.25) is 9.69 Å². The van der Waals surface area contributed by atoms with E-state index in [1.807, 2.05) is 11.8 Å². The zero-order chi connectivity index (χ0) is 22.9. The highest BCUT2D eigenvalue weighted by molar-refractivity contribution is 7.89.